The molecule has 1 aromatic heterocycles. The van der Waals surface area contributed by atoms with Gasteiger partial charge >= 0.3 is 5.97 Å². The van der Waals surface area contributed by atoms with Crippen LogP contribution in [0.3, 0.4) is 0 Å². The second-order valence-electron chi connectivity index (χ2n) is 17.5. The van der Waals surface area contributed by atoms with Crippen LogP contribution in [0.4, 0.5) is 0 Å². The number of hydrogen-bond acceptors (Lipinski definition) is 10. The first-order chi connectivity index (χ1) is 24.0. The molecule has 0 aromatic carbocycles. The van der Waals surface area contributed by atoms with E-state index in [0.717, 1.165) is 63.6 Å². The Labute approximate surface area is 295 Å². The molecule has 8 aliphatic rings. The first kappa shape index (κ1) is 33.2. The first-order valence-electron chi connectivity index (χ1n) is 19.3. The summed E-state index contributed by atoms with van der Waals surface area (Å²) in [5.41, 5.74) is 1.55. The van der Waals surface area contributed by atoms with Gasteiger partial charge in [0.15, 0.2) is 17.4 Å². The monoisotopic (exact) mass is 687 g/mol. The molecule has 6 fully saturated rings. The van der Waals surface area contributed by atoms with Crippen LogP contribution in [0.25, 0.3) is 5.57 Å². The quantitative estimate of drug-likeness (QED) is 0.406. The van der Waals surface area contributed by atoms with Crippen LogP contribution < -0.4 is 4.74 Å². The number of carbonyl (C=O) groups is 2. The number of esters is 1. The number of carbonyl (C=O) groups excluding carboxylic acids is 2. The van der Waals surface area contributed by atoms with E-state index in [1.54, 1.807) is 18.5 Å². The van der Waals surface area contributed by atoms with Crippen LogP contribution in [0, 0.1) is 51.8 Å². The molecule has 1 aromatic rings. The highest BCUT2D eigenvalue weighted by Gasteiger charge is 2.78. The minimum atomic E-state index is -0.687. The summed E-state index contributed by atoms with van der Waals surface area (Å²) in [6.07, 6.45) is 11.4. The zero-order chi connectivity index (χ0) is 34.6. The molecule has 50 heavy (non-hydrogen) atoms. The van der Waals surface area contributed by atoms with Gasteiger partial charge in [0.25, 0.3) is 0 Å². The number of fused-ring (bicyclic) bond motifs is 4. The SMILES string of the molecule is CC1=C(CN2CCOCC2)C(=O)OC([C@@H](C)[C@H]2CC[C@H]3[C@@H]4CC5C[C@]56[C@@H](O)C=C(c5ncc(OC7COC7)cn5)C(=O)[C@]6(C)[C@H]4CC[C@]23C)C1. The predicted octanol–water partition coefficient (Wildman–Crippen LogP) is 4.66. The van der Waals surface area contributed by atoms with Gasteiger partial charge in [0.05, 0.1) is 56.1 Å². The highest BCUT2D eigenvalue weighted by atomic mass is 16.6. The molecule has 2 unspecified atom stereocenters. The molecular formula is C40H53N3O7. The van der Waals surface area contributed by atoms with Gasteiger partial charge < -0.3 is 24.1 Å². The molecule has 2 saturated heterocycles. The third kappa shape index (κ3) is 4.80. The van der Waals surface area contributed by atoms with E-state index in [0.29, 0.717) is 73.8 Å². The van der Waals surface area contributed by atoms with Gasteiger partial charge in [-0.2, -0.15) is 0 Å². The van der Waals surface area contributed by atoms with Gasteiger partial charge in [-0.1, -0.05) is 26.3 Å². The molecule has 0 radical (unpaired) electrons. The van der Waals surface area contributed by atoms with E-state index in [1.165, 1.54) is 5.57 Å². The molecule has 11 atom stereocenters. The molecule has 5 aliphatic carbocycles. The van der Waals surface area contributed by atoms with E-state index in [1.807, 2.05) is 0 Å². The summed E-state index contributed by atoms with van der Waals surface area (Å²) in [5, 5.41) is 11.8. The van der Waals surface area contributed by atoms with Gasteiger partial charge in [0, 0.05) is 36.9 Å². The summed E-state index contributed by atoms with van der Waals surface area (Å²) in [6.45, 7) is 14.0. The number of hydrogen-bond donors (Lipinski definition) is 1. The summed E-state index contributed by atoms with van der Waals surface area (Å²) in [5.74, 6) is 3.14. The molecule has 270 valence electrons. The number of rotatable bonds is 7. The normalized spacial score (nSPS) is 43.5. The van der Waals surface area contributed by atoms with Gasteiger partial charge in [-0.05, 0) is 92.4 Å². The molecule has 10 heteroatoms. The van der Waals surface area contributed by atoms with Gasteiger partial charge in [-0.3, -0.25) is 9.69 Å². The fourth-order valence-corrected chi connectivity index (χ4v) is 12.7. The topological polar surface area (TPSA) is 120 Å². The Kier molecular flexibility index (Phi) is 7.92. The molecule has 3 aliphatic heterocycles. The molecular weight excluding hydrogens is 634 g/mol. The summed E-state index contributed by atoms with van der Waals surface area (Å²) >= 11 is 0. The fourth-order valence-electron chi connectivity index (χ4n) is 12.7. The van der Waals surface area contributed by atoms with Gasteiger partial charge in [-0.25, -0.2) is 14.8 Å². The number of aromatic nitrogens is 2. The lowest BCUT2D eigenvalue weighted by atomic mass is 9.43. The largest absolute Gasteiger partial charge is 0.482 e. The van der Waals surface area contributed by atoms with E-state index in [9.17, 15) is 14.7 Å². The first-order valence-corrected chi connectivity index (χ1v) is 19.3. The van der Waals surface area contributed by atoms with Crippen LogP contribution in [0.15, 0.2) is 29.6 Å². The van der Waals surface area contributed by atoms with Crippen molar-refractivity contribution in [1.82, 2.24) is 14.9 Å². The Bertz CT molecular complexity index is 1620. The predicted molar refractivity (Wildman–Crippen MR) is 184 cm³/mol. The summed E-state index contributed by atoms with van der Waals surface area (Å²) in [6, 6.07) is 0. The summed E-state index contributed by atoms with van der Waals surface area (Å²) in [4.78, 5) is 39.7. The molecule has 9 rings (SSSR count). The average molecular weight is 688 g/mol. The second-order valence-corrected chi connectivity index (χ2v) is 17.5. The summed E-state index contributed by atoms with van der Waals surface area (Å²) in [7, 11) is 0. The standard InChI is InChI=1S/C40H53N3O7/c1-22-13-33(50-37(46)29(22)19-43-9-11-47-12-10-43)23(2)30-5-6-31-27-14-24-16-40(24)34(44)15-28(35(45)39(40,4)32(27)7-8-38(30,31)3)36-41-17-25(18-42-36)49-26-20-48-21-26/h15,17-18,23-24,26-27,30-34,44H,5-14,16,19-21H2,1-4H3/t23-,24?,27-,30+,31-,32-,33?,34-,38+,39-,40+/m0/s1. The maximum atomic E-state index is 14.8. The number of morpholine rings is 1. The molecule has 1 spiro atoms. The fraction of sp³-hybridized carbons (Fsp3) is 0.750. The van der Waals surface area contributed by atoms with Gasteiger partial charge in [0.2, 0.25) is 0 Å². The van der Waals surface area contributed by atoms with Crippen molar-refractivity contribution in [3.63, 3.8) is 0 Å². The van der Waals surface area contributed by atoms with E-state index in [-0.39, 0.29) is 46.6 Å². The number of Topliss-reactive ketones (excluding diaryl/α,β-unsaturated/α-hetero) is 1. The third-order valence-corrected chi connectivity index (χ3v) is 15.5. The number of ether oxygens (including phenoxy) is 4. The van der Waals surface area contributed by atoms with Crippen molar-refractivity contribution in [3.8, 4) is 5.75 Å². The number of aliphatic hydroxyl groups excluding tert-OH is 1. The molecule has 4 heterocycles. The van der Waals surface area contributed by atoms with Crippen LogP contribution in [-0.2, 0) is 23.8 Å². The zero-order valence-corrected chi connectivity index (χ0v) is 30.1. The Morgan fingerprint density at radius 2 is 1.82 bits per heavy atom. The van der Waals surface area contributed by atoms with Crippen molar-refractivity contribution in [2.75, 3.05) is 46.1 Å². The van der Waals surface area contributed by atoms with Crippen molar-refractivity contribution in [2.24, 2.45) is 51.8 Å². The maximum absolute atomic E-state index is 14.8. The van der Waals surface area contributed by atoms with Gasteiger partial charge in [0.1, 0.15) is 12.2 Å². The van der Waals surface area contributed by atoms with Crippen LogP contribution in [0.2, 0.25) is 0 Å². The van der Waals surface area contributed by atoms with Crippen molar-refractivity contribution >= 4 is 17.3 Å². The average Bonchev–Trinajstić information content (AvgIpc) is 3.73. The van der Waals surface area contributed by atoms with Crippen molar-refractivity contribution in [2.45, 2.75) is 91.0 Å². The number of ketones is 1. The minimum Gasteiger partial charge on any atom is -0.482 e. The van der Waals surface area contributed by atoms with Crippen LogP contribution in [0.1, 0.15) is 78.5 Å². The molecule has 10 nitrogen and oxygen atoms in total. The number of cyclic esters (lactones) is 1. The minimum absolute atomic E-state index is 0.0127. The lowest BCUT2D eigenvalue weighted by Gasteiger charge is -2.60. The van der Waals surface area contributed by atoms with Crippen LogP contribution >= 0.6 is 0 Å². The molecule has 0 bridgehead atoms. The van der Waals surface area contributed by atoms with E-state index in [4.69, 9.17) is 18.9 Å². The van der Waals surface area contributed by atoms with E-state index >= 15 is 0 Å². The molecule has 1 N–H and O–H groups in total. The molecule has 4 saturated carbocycles. The highest BCUT2D eigenvalue weighted by Crippen LogP contribution is 2.80. The maximum Gasteiger partial charge on any atom is 0.335 e. The van der Waals surface area contributed by atoms with Crippen molar-refractivity contribution in [3.05, 3.63) is 35.4 Å². The van der Waals surface area contributed by atoms with Crippen molar-refractivity contribution in [1.29, 1.82) is 0 Å². The smallest absolute Gasteiger partial charge is 0.335 e. The van der Waals surface area contributed by atoms with Crippen LogP contribution in [0.5, 0.6) is 5.75 Å². The third-order valence-electron chi connectivity index (χ3n) is 15.5. The van der Waals surface area contributed by atoms with Crippen LogP contribution in [-0.4, -0.2) is 96.1 Å². The lowest BCUT2D eigenvalue weighted by Crippen LogP contribution is -2.60. The lowest BCUT2D eigenvalue weighted by molar-refractivity contribution is -0.161. The Morgan fingerprint density at radius 3 is 2.52 bits per heavy atom. The van der Waals surface area contributed by atoms with Crippen molar-refractivity contribution < 1.29 is 33.6 Å². The summed E-state index contributed by atoms with van der Waals surface area (Å²) < 4.78 is 22.9. The Morgan fingerprint density at radius 1 is 1.06 bits per heavy atom. The number of allylic oxidation sites excluding steroid dienone is 1. The second kappa shape index (κ2) is 11.9. The number of nitrogens with zero attached hydrogens (tertiary/aromatic N) is 3. The molecule has 0 amide bonds. The Hall–Kier alpha value is -2.66. The Balaban J connectivity index is 0.934. The highest BCUT2D eigenvalue weighted by molar-refractivity contribution is 6.24. The van der Waals surface area contributed by atoms with E-state index in [2.05, 4.69) is 42.6 Å². The van der Waals surface area contributed by atoms with E-state index < -0.39 is 11.5 Å². The van der Waals surface area contributed by atoms with Gasteiger partial charge in [-0.15, -0.1) is 0 Å². The zero-order valence-electron chi connectivity index (χ0n) is 30.1. The number of aliphatic hydroxyl groups is 1.